The number of nitrogens with zero attached hydrogens (tertiary/aromatic N) is 6. The molecular weight excluding hydrogens is 429 g/mol. The minimum Gasteiger partial charge on any atom is -0.472 e. The zero-order chi connectivity index (χ0) is 22.9. The van der Waals surface area contributed by atoms with Crippen molar-refractivity contribution in [3.05, 3.63) is 76.3 Å². The summed E-state index contributed by atoms with van der Waals surface area (Å²) in [5.41, 5.74) is 2.30. The first kappa shape index (κ1) is 21.2. The molecule has 0 saturated heterocycles. The largest absolute Gasteiger partial charge is 0.573 e. The van der Waals surface area contributed by atoms with Crippen molar-refractivity contribution in [1.29, 1.82) is 0 Å². The van der Waals surface area contributed by atoms with Crippen molar-refractivity contribution >= 4 is 0 Å². The molecule has 0 N–H and O–H groups in total. The first-order valence-corrected chi connectivity index (χ1v) is 9.34. The molecule has 4 aromatic rings. The smallest absolute Gasteiger partial charge is 0.472 e. The summed E-state index contributed by atoms with van der Waals surface area (Å²) in [4.78, 5) is 12.2. The highest BCUT2D eigenvalue weighted by Gasteiger charge is 2.31. The lowest BCUT2D eigenvalue weighted by molar-refractivity contribution is -0.274. The molecule has 12 heteroatoms. The zero-order valence-corrected chi connectivity index (χ0v) is 16.9. The summed E-state index contributed by atoms with van der Waals surface area (Å²) in [5, 5.41) is 11.9. The number of halogens is 3. The first-order chi connectivity index (χ1) is 15.2. The van der Waals surface area contributed by atoms with Gasteiger partial charge in [0.15, 0.2) is 0 Å². The summed E-state index contributed by atoms with van der Waals surface area (Å²) in [5.74, 6) is -0.0301. The lowest BCUT2D eigenvalue weighted by Gasteiger charge is -2.11. The molecule has 9 nitrogen and oxygen atoms in total. The van der Waals surface area contributed by atoms with E-state index in [4.69, 9.17) is 4.74 Å². The average molecular weight is 446 g/mol. The van der Waals surface area contributed by atoms with Crippen LogP contribution in [0.5, 0.6) is 11.6 Å². The monoisotopic (exact) mass is 446 g/mol. The molecule has 0 saturated carbocycles. The number of aryl methyl sites for hydroxylation is 2. The normalized spacial score (nSPS) is 11.5. The summed E-state index contributed by atoms with van der Waals surface area (Å²) in [6, 6.07) is 12.3. The molecule has 166 valence electrons. The maximum atomic E-state index is 12.3. The van der Waals surface area contributed by atoms with Gasteiger partial charge in [-0.1, -0.05) is 12.1 Å². The van der Waals surface area contributed by atoms with Gasteiger partial charge in [0.1, 0.15) is 12.4 Å². The lowest BCUT2D eigenvalue weighted by atomic mass is 10.1. The van der Waals surface area contributed by atoms with Crippen LogP contribution in [0.3, 0.4) is 0 Å². The fourth-order valence-electron chi connectivity index (χ4n) is 3.01. The van der Waals surface area contributed by atoms with E-state index < -0.39 is 6.36 Å². The van der Waals surface area contributed by atoms with Crippen molar-refractivity contribution in [2.45, 2.75) is 19.9 Å². The van der Waals surface area contributed by atoms with Gasteiger partial charge < -0.3 is 9.47 Å². The van der Waals surface area contributed by atoms with Crippen molar-refractivity contribution in [2.75, 3.05) is 0 Å². The molecule has 0 aliphatic heterocycles. The third-order valence-electron chi connectivity index (χ3n) is 4.60. The standard InChI is InChI=1S/C20H17F3N6O3/c1-13-4-3-5-17(29-19(30)27(2)25-26-29)16(13)12-31-18-10-11-28(24-18)14-6-8-15(9-7-14)32-20(21,22)23/h3-11H,12H2,1-2H3. The van der Waals surface area contributed by atoms with Crippen molar-refractivity contribution in [1.82, 2.24) is 29.6 Å². The minimum atomic E-state index is -4.75. The van der Waals surface area contributed by atoms with Gasteiger partial charge in [-0.05, 0) is 53.2 Å². The molecule has 0 fully saturated rings. The Morgan fingerprint density at radius 1 is 1.03 bits per heavy atom. The van der Waals surface area contributed by atoms with Crippen molar-refractivity contribution in [3.63, 3.8) is 0 Å². The summed E-state index contributed by atoms with van der Waals surface area (Å²) in [6.07, 6.45) is -3.14. The Morgan fingerprint density at radius 2 is 1.78 bits per heavy atom. The Labute approximate surface area is 179 Å². The molecule has 2 heterocycles. The highest BCUT2D eigenvalue weighted by molar-refractivity contribution is 5.44. The molecule has 0 aliphatic rings. The molecule has 0 radical (unpaired) electrons. The van der Waals surface area contributed by atoms with Gasteiger partial charge in [-0.25, -0.2) is 9.48 Å². The molecule has 0 unspecified atom stereocenters. The highest BCUT2D eigenvalue weighted by atomic mass is 19.4. The van der Waals surface area contributed by atoms with Crippen LogP contribution >= 0.6 is 0 Å². The van der Waals surface area contributed by atoms with Crippen LogP contribution in [0.2, 0.25) is 0 Å². The molecule has 0 spiro atoms. The molecule has 4 rings (SSSR count). The van der Waals surface area contributed by atoms with Gasteiger partial charge in [0.05, 0.1) is 11.4 Å². The van der Waals surface area contributed by atoms with E-state index in [1.54, 1.807) is 24.4 Å². The SMILES string of the molecule is Cc1cccc(-n2nnn(C)c2=O)c1COc1ccn(-c2ccc(OC(F)(F)F)cc2)n1. The maximum absolute atomic E-state index is 12.3. The number of rotatable bonds is 6. The Balaban J connectivity index is 1.51. The van der Waals surface area contributed by atoms with Gasteiger partial charge in [0.2, 0.25) is 5.88 Å². The van der Waals surface area contributed by atoms with Crippen LogP contribution in [0.15, 0.2) is 59.5 Å². The van der Waals surface area contributed by atoms with Gasteiger partial charge in [-0.2, -0.15) is 9.36 Å². The maximum Gasteiger partial charge on any atom is 0.573 e. The topological polar surface area (TPSA) is 89.0 Å². The predicted molar refractivity (Wildman–Crippen MR) is 106 cm³/mol. The second-order valence-electron chi connectivity index (χ2n) is 6.80. The second kappa shape index (κ2) is 8.21. The Hall–Kier alpha value is -4.09. The number of hydrogen-bond acceptors (Lipinski definition) is 6. The van der Waals surface area contributed by atoms with Crippen LogP contribution < -0.4 is 15.2 Å². The summed E-state index contributed by atoms with van der Waals surface area (Å²) in [6.45, 7) is 1.99. The van der Waals surface area contributed by atoms with Crippen LogP contribution in [0.25, 0.3) is 11.4 Å². The van der Waals surface area contributed by atoms with E-state index in [-0.39, 0.29) is 18.0 Å². The number of alkyl halides is 3. The van der Waals surface area contributed by atoms with Crippen molar-refractivity contribution < 1.29 is 22.6 Å². The van der Waals surface area contributed by atoms with E-state index >= 15 is 0 Å². The van der Waals surface area contributed by atoms with Crippen LogP contribution in [-0.2, 0) is 13.7 Å². The van der Waals surface area contributed by atoms with Gasteiger partial charge >= 0.3 is 12.1 Å². The minimum absolute atomic E-state index is 0.112. The Bertz CT molecular complexity index is 1290. The summed E-state index contributed by atoms with van der Waals surface area (Å²) in [7, 11) is 1.51. The number of benzene rings is 2. The Kier molecular flexibility index (Phi) is 5.43. The zero-order valence-electron chi connectivity index (χ0n) is 16.9. The molecule has 0 atom stereocenters. The quantitative estimate of drug-likeness (QED) is 0.453. The molecule has 0 amide bonds. The van der Waals surface area contributed by atoms with Crippen molar-refractivity contribution in [3.8, 4) is 23.0 Å². The van der Waals surface area contributed by atoms with E-state index in [9.17, 15) is 18.0 Å². The van der Waals surface area contributed by atoms with Gasteiger partial charge in [-0.15, -0.1) is 18.3 Å². The van der Waals surface area contributed by atoms with E-state index in [1.165, 1.54) is 40.7 Å². The van der Waals surface area contributed by atoms with E-state index in [2.05, 4.69) is 20.3 Å². The number of tetrazole rings is 1. The molecule has 2 aromatic heterocycles. The van der Waals surface area contributed by atoms with Crippen molar-refractivity contribution in [2.24, 2.45) is 7.05 Å². The number of aromatic nitrogens is 6. The van der Waals surface area contributed by atoms with Gasteiger partial charge in [-0.3, -0.25) is 0 Å². The third kappa shape index (κ3) is 4.48. The predicted octanol–water partition coefficient (Wildman–Crippen LogP) is 2.94. The number of hydrogen-bond donors (Lipinski definition) is 0. The van der Waals surface area contributed by atoms with Crippen LogP contribution in [0.4, 0.5) is 13.2 Å². The van der Waals surface area contributed by atoms with E-state index in [0.29, 0.717) is 17.3 Å². The van der Waals surface area contributed by atoms with Crippen LogP contribution in [0, 0.1) is 6.92 Å². The van der Waals surface area contributed by atoms with Crippen LogP contribution in [0.1, 0.15) is 11.1 Å². The molecule has 0 aliphatic carbocycles. The van der Waals surface area contributed by atoms with E-state index in [1.807, 2.05) is 13.0 Å². The molecule has 2 aromatic carbocycles. The Morgan fingerprint density at radius 3 is 2.44 bits per heavy atom. The average Bonchev–Trinajstić information content (AvgIpc) is 3.34. The second-order valence-corrected chi connectivity index (χ2v) is 6.80. The fraction of sp³-hybridized carbons (Fsp3) is 0.200. The summed E-state index contributed by atoms with van der Waals surface area (Å²) < 4.78 is 50.3. The molecule has 0 bridgehead atoms. The third-order valence-corrected chi connectivity index (χ3v) is 4.60. The van der Waals surface area contributed by atoms with Gasteiger partial charge in [0, 0.05) is 24.9 Å². The first-order valence-electron chi connectivity index (χ1n) is 9.34. The highest BCUT2D eigenvalue weighted by Crippen LogP contribution is 2.24. The summed E-state index contributed by atoms with van der Waals surface area (Å²) >= 11 is 0. The number of ether oxygens (including phenoxy) is 2. The lowest BCUT2D eigenvalue weighted by Crippen LogP contribution is -2.23. The molecular formula is C20H17F3N6O3. The molecule has 32 heavy (non-hydrogen) atoms. The van der Waals surface area contributed by atoms with Gasteiger partial charge in [0.25, 0.3) is 0 Å². The van der Waals surface area contributed by atoms with Crippen LogP contribution in [-0.4, -0.2) is 35.9 Å². The van der Waals surface area contributed by atoms with E-state index in [0.717, 1.165) is 15.8 Å². The fourth-order valence-corrected chi connectivity index (χ4v) is 3.01.